The predicted octanol–water partition coefficient (Wildman–Crippen LogP) is 0.0940. The van der Waals surface area contributed by atoms with Gasteiger partial charge in [-0.15, -0.1) is 5.10 Å². The molecule has 25 heavy (non-hydrogen) atoms. The lowest BCUT2D eigenvalue weighted by molar-refractivity contribution is -0.0587. The highest BCUT2D eigenvalue weighted by atomic mass is 16.7. The fraction of sp³-hybridized carbons (Fsp3) is 0.0667. The summed E-state index contributed by atoms with van der Waals surface area (Å²) in [7, 11) is 0. The average Bonchev–Trinajstić information content (AvgIpc) is 3.11. The summed E-state index contributed by atoms with van der Waals surface area (Å²) < 4.78 is 1.12. The van der Waals surface area contributed by atoms with Gasteiger partial charge in [-0.25, -0.2) is 9.31 Å². The normalized spacial score (nSPS) is 13.4. The van der Waals surface area contributed by atoms with Crippen LogP contribution in [-0.2, 0) is 4.84 Å². The molecular weight excluding hydrogens is 330 g/mol. The number of rotatable bonds is 2. The molecule has 0 saturated heterocycles. The van der Waals surface area contributed by atoms with Gasteiger partial charge in [0.25, 0.3) is 17.4 Å². The Morgan fingerprint density at radius 1 is 1.12 bits per heavy atom. The first-order chi connectivity index (χ1) is 12.0. The molecule has 3 aromatic rings. The number of hydrogen-bond donors (Lipinski definition) is 1. The minimum absolute atomic E-state index is 0.126. The van der Waals surface area contributed by atoms with Crippen molar-refractivity contribution in [1.29, 1.82) is 0 Å². The highest BCUT2D eigenvalue weighted by Gasteiger charge is 2.39. The zero-order chi connectivity index (χ0) is 17.7. The monoisotopic (exact) mass is 339 g/mol. The minimum atomic E-state index is -1.14. The van der Waals surface area contributed by atoms with Crippen molar-refractivity contribution in [3.63, 3.8) is 0 Å². The van der Waals surface area contributed by atoms with Crippen molar-refractivity contribution >= 4 is 23.3 Å². The molecule has 0 aliphatic carbocycles. The first-order valence-electron chi connectivity index (χ1n) is 7.12. The summed E-state index contributed by atoms with van der Waals surface area (Å²) in [6.07, 6.45) is 1.46. The van der Waals surface area contributed by atoms with E-state index in [1.165, 1.54) is 18.3 Å². The number of carbonyl (C=O) groups is 3. The van der Waals surface area contributed by atoms with E-state index in [1.807, 2.05) is 0 Å². The van der Waals surface area contributed by atoms with Gasteiger partial charge in [0.1, 0.15) is 0 Å². The summed E-state index contributed by atoms with van der Waals surface area (Å²) in [4.78, 5) is 56.1. The summed E-state index contributed by atoms with van der Waals surface area (Å²) in [5.74, 6) is -2.68. The number of aromatic amines is 1. The molecule has 1 aliphatic heterocycles. The molecule has 4 rings (SSSR count). The molecule has 0 atom stereocenters. The van der Waals surface area contributed by atoms with Gasteiger partial charge in [-0.05, 0) is 19.1 Å². The van der Waals surface area contributed by atoms with E-state index in [9.17, 15) is 19.2 Å². The second kappa shape index (κ2) is 5.09. The molecule has 10 nitrogen and oxygen atoms in total. The van der Waals surface area contributed by atoms with Gasteiger partial charge in [-0.2, -0.15) is 0 Å². The van der Waals surface area contributed by atoms with Crippen LogP contribution in [0.25, 0.3) is 5.52 Å². The lowest BCUT2D eigenvalue weighted by atomic mass is 10.1. The van der Waals surface area contributed by atoms with Gasteiger partial charge < -0.3 is 9.82 Å². The maximum absolute atomic E-state index is 12.3. The molecule has 0 radical (unpaired) electrons. The molecule has 0 fully saturated rings. The van der Waals surface area contributed by atoms with Crippen LogP contribution in [0.5, 0.6) is 0 Å². The van der Waals surface area contributed by atoms with Crippen molar-refractivity contribution in [3.05, 3.63) is 63.3 Å². The molecule has 0 saturated carbocycles. The number of aromatic nitrogens is 4. The molecule has 0 bridgehead atoms. The van der Waals surface area contributed by atoms with Crippen LogP contribution < -0.4 is 5.56 Å². The SMILES string of the molecule is Cc1cn2nnc(C(=O)ON3C(=O)c4ccccc4C3=O)c2c(=O)[nH]1. The number of hydrogen-bond acceptors (Lipinski definition) is 7. The molecule has 2 aromatic heterocycles. The highest BCUT2D eigenvalue weighted by molar-refractivity contribution is 6.21. The van der Waals surface area contributed by atoms with Crippen molar-refractivity contribution in [1.82, 2.24) is 24.9 Å². The van der Waals surface area contributed by atoms with Crippen LogP contribution in [0.15, 0.2) is 35.3 Å². The van der Waals surface area contributed by atoms with E-state index in [-0.39, 0.29) is 16.6 Å². The number of imide groups is 1. The number of nitrogens with zero attached hydrogens (tertiary/aromatic N) is 4. The Bertz CT molecular complexity index is 1090. The van der Waals surface area contributed by atoms with Crippen molar-refractivity contribution in [2.75, 3.05) is 0 Å². The first-order valence-corrected chi connectivity index (χ1v) is 7.12. The number of H-pyrrole nitrogens is 1. The van der Waals surface area contributed by atoms with Crippen LogP contribution in [0.3, 0.4) is 0 Å². The number of benzene rings is 1. The summed E-state index contributed by atoms with van der Waals surface area (Å²) in [5.41, 5.74) is -0.379. The summed E-state index contributed by atoms with van der Waals surface area (Å²) in [5, 5.41) is 7.63. The van der Waals surface area contributed by atoms with Crippen molar-refractivity contribution in [2.24, 2.45) is 0 Å². The van der Waals surface area contributed by atoms with E-state index in [0.717, 1.165) is 4.52 Å². The number of amides is 2. The topological polar surface area (TPSA) is 127 Å². The van der Waals surface area contributed by atoms with Crippen LogP contribution in [0.1, 0.15) is 36.9 Å². The van der Waals surface area contributed by atoms with E-state index >= 15 is 0 Å². The molecule has 1 aromatic carbocycles. The lowest BCUT2D eigenvalue weighted by Gasteiger charge is -2.11. The number of hydroxylamine groups is 2. The maximum Gasteiger partial charge on any atom is 0.386 e. The van der Waals surface area contributed by atoms with Gasteiger partial charge in [-0.3, -0.25) is 14.4 Å². The third kappa shape index (κ3) is 2.11. The van der Waals surface area contributed by atoms with E-state index < -0.39 is 29.0 Å². The summed E-state index contributed by atoms with van der Waals surface area (Å²) in [6.45, 7) is 1.64. The molecule has 0 unspecified atom stereocenters. The van der Waals surface area contributed by atoms with Crippen LogP contribution in [-0.4, -0.2) is 42.7 Å². The fourth-order valence-corrected chi connectivity index (χ4v) is 2.56. The number of aryl methyl sites for hydroxylation is 1. The number of carbonyl (C=O) groups excluding carboxylic acids is 3. The average molecular weight is 339 g/mol. The molecule has 2 amide bonds. The van der Waals surface area contributed by atoms with Crippen molar-refractivity contribution in [2.45, 2.75) is 6.92 Å². The highest BCUT2D eigenvalue weighted by Crippen LogP contribution is 2.23. The quantitative estimate of drug-likeness (QED) is 0.656. The maximum atomic E-state index is 12.3. The lowest BCUT2D eigenvalue weighted by Crippen LogP contribution is -2.33. The third-order valence-corrected chi connectivity index (χ3v) is 3.66. The van der Waals surface area contributed by atoms with Crippen molar-refractivity contribution < 1.29 is 19.2 Å². The molecule has 1 aliphatic rings. The zero-order valence-corrected chi connectivity index (χ0v) is 12.7. The minimum Gasteiger partial charge on any atom is -0.323 e. The molecule has 1 N–H and O–H groups in total. The number of fused-ring (bicyclic) bond motifs is 2. The Labute approximate surface area is 138 Å². The fourth-order valence-electron chi connectivity index (χ4n) is 2.56. The van der Waals surface area contributed by atoms with Gasteiger partial charge in [0.2, 0.25) is 5.69 Å². The molecule has 0 spiro atoms. The smallest absolute Gasteiger partial charge is 0.323 e. The third-order valence-electron chi connectivity index (χ3n) is 3.66. The molecule has 3 heterocycles. The van der Waals surface area contributed by atoms with E-state index in [0.29, 0.717) is 10.8 Å². The largest absolute Gasteiger partial charge is 0.386 e. The van der Waals surface area contributed by atoms with E-state index in [1.54, 1.807) is 19.1 Å². The Balaban J connectivity index is 1.69. The van der Waals surface area contributed by atoms with Crippen LogP contribution in [0.4, 0.5) is 0 Å². The Morgan fingerprint density at radius 2 is 1.76 bits per heavy atom. The van der Waals surface area contributed by atoms with Crippen LogP contribution in [0, 0.1) is 6.92 Å². The summed E-state index contributed by atoms with van der Waals surface area (Å²) >= 11 is 0. The van der Waals surface area contributed by atoms with Gasteiger partial charge in [-0.1, -0.05) is 22.4 Å². The second-order valence-electron chi connectivity index (χ2n) is 5.33. The number of nitrogens with one attached hydrogen (secondary N) is 1. The summed E-state index contributed by atoms with van der Waals surface area (Å²) in [6, 6.07) is 6.07. The van der Waals surface area contributed by atoms with E-state index in [2.05, 4.69) is 15.3 Å². The van der Waals surface area contributed by atoms with Gasteiger partial charge in [0, 0.05) is 5.69 Å². The van der Waals surface area contributed by atoms with Crippen LogP contribution in [0.2, 0.25) is 0 Å². The van der Waals surface area contributed by atoms with Crippen LogP contribution >= 0.6 is 0 Å². The first kappa shape index (κ1) is 14.8. The molecule has 10 heteroatoms. The Kier molecular flexibility index (Phi) is 3.01. The molecule has 124 valence electrons. The molecular formula is C15H9N5O5. The zero-order valence-electron chi connectivity index (χ0n) is 12.7. The Hall–Kier alpha value is -3.82. The van der Waals surface area contributed by atoms with Gasteiger partial charge >= 0.3 is 5.97 Å². The second-order valence-corrected chi connectivity index (χ2v) is 5.33. The van der Waals surface area contributed by atoms with Gasteiger partial charge in [0.15, 0.2) is 5.52 Å². The van der Waals surface area contributed by atoms with Crippen molar-refractivity contribution in [3.8, 4) is 0 Å². The van der Waals surface area contributed by atoms with E-state index in [4.69, 9.17) is 4.84 Å². The standard InChI is InChI=1S/C15H9N5O5/c1-7-6-19-11(12(21)16-7)10(17-18-19)15(24)25-20-13(22)8-4-2-3-5-9(8)14(20)23/h2-6H,1H3,(H,16,21). The Morgan fingerprint density at radius 3 is 2.40 bits per heavy atom. The predicted molar refractivity (Wildman–Crippen MR) is 80.7 cm³/mol. The van der Waals surface area contributed by atoms with Gasteiger partial charge in [0.05, 0.1) is 17.3 Å².